The molecule has 3 nitrogen and oxygen atoms in total. The molecule has 0 aromatic rings. The number of hydrogen-bond acceptors (Lipinski definition) is 1. The number of likely N-dealkylation sites (tertiary alicyclic amines) is 1. The van der Waals surface area contributed by atoms with E-state index in [1.165, 1.54) is 25.7 Å². The molecule has 2 N–H and O–H groups in total. The normalized spacial score (nSPS) is 24.9. The third-order valence-corrected chi connectivity index (χ3v) is 4.28. The van der Waals surface area contributed by atoms with E-state index in [0.717, 1.165) is 13.1 Å². The van der Waals surface area contributed by atoms with Gasteiger partial charge in [-0.2, -0.15) is 0 Å². The van der Waals surface area contributed by atoms with E-state index in [-0.39, 0.29) is 42.7 Å². The zero-order chi connectivity index (χ0) is 13.7. The van der Waals surface area contributed by atoms with Crippen LogP contribution >= 0.6 is 24.0 Å². The average Bonchev–Trinajstić information content (AvgIpc) is 2.66. The van der Waals surface area contributed by atoms with Gasteiger partial charge in [-0.3, -0.25) is 4.99 Å². The van der Waals surface area contributed by atoms with Crippen LogP contribution in [0.25, 0.3) is 0 Å². The number of rotatable bonds is 2. The van der Waals surface area contributed by atoms with Gasteiger partial charge in [0, 0.05) is 32.5 Å². The Morgan fingerprint density at radius 3 is 2.20 bits per heavy atom. The van der Waals surface area contributed by atoms with Crippen molar-refractivity contribution in [3.63, 3.8) is 0 Å². The van der Waals surface area contributed by atoms with Gasteiger partial charge < -0.3 is 10.6 Å². The Balaban J connectivity index is 0.00000200. The molecule has 1 aliphatic heterocycles. The summed E-state index contributed by atoms with van der Waals surface area (Å²) in [7, 11) is 0. The summed E-state index contributed by atoms with van der Waals surface area (Å²) in [5.41, 5.74) is 6.02. The van der Waals surface area contributed by atoms with Gasteiger partial charge in [-0.05, 0) is 31.6 Å². The van der Waals surface area contributed by atoms with Gasteiger partial charge in [-0.15, -0.1) is 24.0 Å². The maximum Gasteiger partial charge on any atom is 0.248 e. The number of nitrogens with two attached hydrogens (primary N) is 1. The lowest BCUT2D eigenvalue weighted by atomic mass is 9.87. The summed E-state index contributed by atoms with van der Waals surface area (Å²) in [6, 6.07) is 0. The van der Waals surface area contributed by atoms with Crippen molar-refractivity contribution in [1.82, 2.24) is 4.90 Å². The number of hydrogen-bond donors (Lipinski definition) is 1. The summed E-state index contributed by atoms with van der Waals surface area (Å²) in [6.45, 7) is 2.58. The highest BCUT2D eigenvalue weighted by atomic mass is 127. The summed E-state index contributed by atoms with van der Waals surface area (Å²) >= 11 is 0. The van der Waals surface area contributed by atoms with E-state index in [9.17, 15) is 8.78 Å². The standard InChI is InChI=1S/C14H25F2N3.HI/c15-14(16)7-5-12(6-8-14)11-18-13(17)19-9-3-1-2-4-10-19;/h12H,1-11H2,(H2,17,18);1H. The third-order valence-electron chi connectivity index (χ3n) is 4.28. The first kappa shape index (κ1) is 17.9. The highest BCUT2D eigenvalue weighted by molar-refractivity contribution is 14.0. The van der Waals surface area contributed by atoms with E-state index in [2.05, 4.69) is 9.89 Å². The Labute approximate surface area is 137 Å². The second-order valence-corrected chi connectivity index (χ2v) is 5.90. The van der Waals surface area contributed by atoms with Crippen LogP contribution in [0, 0.1) is 5.92 Å². The first-order valence-corrected chi connectivity index (χ1v) is 7.49. The minimum Gasteiger partial charge on any atom is -0.370 e. The van der Waals surface area contributed by atoms with Gasteiger partial charge in [0.05, 0.1) is 0 Å². The summed E-state index contributed by atoms with van der Waals surface area (Å²) in [6.07, 6.45) is 6.04. The molecule has 0 amide bonds. The number of guanidine groups is 1. The number of aliphatic imine (C=N–C) groups is 1. The molecule has 2 rings (SSSR count). The number of halogens is 3. The van der Waals surface area contributed by atoms with E-state index in [1.807, 2.05) is 0 Å². The van der Waals surface area contributed by atoms with Gasteiger partial charge in [0.1, 0.15) is 0 Å². The van der Waals surface area contributed by atoms with Crippen LogP contribution in [0.3, 0.4) is 0 Å². The van der Waals surface area contributed by atoms with Gasteiger partial charge in [0.25, 0.3) is 0 Å². The van der Waals surface area contributed by atoms with Crippen molar-refractivity contribution < 1.29 is 8.78 Å². The molecule has 0 aromatic heterocycles. The molecular formula is C14H26F2IN3. The molecule has 0 aromatic carbocycles. The lowest BCUT2D eigenvalue weighted by Gasteiger charge is -2.28. The predicted octanol–water partition coefficient (Wildman–Crippen LogP) is 3.62. The third kappa shape index (κ3) is 5.69. The predicted molar refractivity (Wildman–Crippen MR) is 88.9 cm³/mol. The minimum absolute atomic E-state index is 0. The summed E-state index contributed by atoms with van der Waals surface area (Å²) in [4.78, 5) is 6.58. The fourth-order valence-electron chi connectivity index (χ4n) is 2.90. The highest BCUT2D eigenvalue weighted by Crippen LogP contribution is 2.36. The van der Waals surface area contributed by atoms with Crippen LogP contribution in [-0.4, -0.2) is 36.4 Å². The molecule has 0 atom stereocenters. The monoisotopic (exact) mass is 401 g/mol. The molecule has 0 spiro atoms. The molecule has 0 bridgehead atoms. The van der Waals surface area contributed by atoms with Crippen molar-refractivity contribution in [2.75, 3.05) is 19.6 Å². The van der Waals surface area contributed by atoms with Crippen LogP contribution in [0.4, 0.5) is 8.78 Å². The molecule has 118 valence electrons. The van der Waals surface area contributed by atoms with Crippen molar-refractivity contribution in [3.8, 4) is 0 Å². The lowest BCUT2D eigenvalue weighted by Crippen LogP contribution is -2.38. The Kier molecular flexibility index (Phi) is 7.47. The van der Waals surface area contributed by atoms with Crippen LogP contribution in [-0.2, 0) is 0 Å². The molecule has 2 aliphatic rings. The van der Waals surface area contributed by atoms with Crippen LogP contribution < -0.4 is 5.73 Å². The van der Waals surface area contributed by atoms with E-state index in [0.29, 0.717) is 25.3 Å². The SMILES string of the molecule is I.NC(=NCC1CCC(F)(F)CC1)N1CCCCCC1. The molecule has 1 heterocycles. The Hall–Kier alpha value is -0.140. The topological polar surface area (TPSA) is 41.6 Å². The maximum atomic E-state index is 13.0. The quantitative estimate of drug-likeness (QED) is 0.436. The van der Waals surface area contributed by atoms with Crippen molar-refractivity contribution in [1.29, 1.82) is 0 Å². The van der Waals surface area contributed by atoms with Gasteiger partial charge >= 0.3 is 0 Å². The number of alkyl halides is 2. The Morgan fingerprint density at radius 2 is 1.65 bits per heavy atom. The van der Waals surface area contributed by atoms with E-state index < -0.39 is 5.92 Å². The fraction of sp³-hybridized carbons (Fsp3) is 0.929. The van der Waals surface area contributed by atoms with Crippen LogP contribution in [0.2, 0.25) is 0 Å². The molecule has 20 heavy (non-hydrogen) atoms. The summed E-state index contributed by atoms with van der Waals surface area (Å²) in [5.74, 6) is -1.55. The van der Waals surface area contributed by atoms with E-state index >= 15 is 0 Å². The second-order valence-electron chi connectivity index (χ2n) is 5.90. The zero-order valence-corrected chi connectivity index (χ0v) is 14.3. The Bertz CT molecular complexity index is 306. The first-order valence-electron chi connectivity index (χ1n) is 7.49. The Morgan fingerprint density at radius 1 is 1.10 bits per heavy atom. The average molecular weight is 401 g/mol. The van der Waals surface area contributed by atoms with Crippen molar-refractivity contribution >= 4 is 29.9 Å². The van der Waals surface area contributed by atoms with Gasteiger partial charge in [-0.25, -0.2) is 8.78 Å². The van der Waals surface area contributed by atoms with E-state index in [4.69, 9.17) is 5.73 Å². The summed E-state index contributed by atoms with van der Waals surface area (Å²) in [5, 5.41) is 0. The summed E-state index contributed by atoms with van der Waals surface area (Å²) < 4.78 is 26.1. The largest absolute Gasteiger partial charge is 0.370 e. The van der Waals surface area contributed by atoms with Crippen molar-refractivity contribution in [2.24, 2.45) is 16.6 Å². The molecule has 0 radical (unpaired) electrons. The maximum absolute atomic E-state index is 13.0. The van der Waals surface area contributed by atoms with Gasteiger partial charge in [0.2, 0.25) is 5.92 Å². The van der Waals surface area contributed by atoms with Crippen molar-refractivity contribution in [3.05, 3.63) is 0 Å². The van der Waals surface area contributed by atoms with Crippen molar-refractivity contribution in [2.45, 2.75) is 57.3 Å². The first-order chi connectivity index (χ1) is 9.07. The van der Waals surface area contributed by atoms with Gasteiger partial charge in [-0.1, -0.05) is 12.8 Å². The molecule has 0 unspecified atom stereocenters. The van der Waals surface area contributed by atoms with Crippen LogP contribution in [0.15, 0.2) is 4.99 Å². The smallest absolute Gasteiger partial charge is 0.248 e. The van der Waals surface area contributed by atoms with Gasteiger partial charge in [0.15, 0.2) is 5.96 Å². The number of nitrogens with zero attached hydrogens (tertiary/aromatic N) is 2. The molecule has 2 fully saturated rings. The zero-order valence-electron chi connectivity index (χ0n) is 12.0. The lowest BCUT2D eigenvalue weighted by molar-refractivity contribution is -0.0446. The minimum atomic E-state index is -2.45. The van der Waals surface area contributed by atoms with E-state index in [1.54, 1.807) is 0 Å². The second kappa shape index (κ2) is 8.34. The molecule has 1 saturated heterocycles. The van der Waals surface area contributed by atoms with Crippen LogP contribution in [0.1, 0.15) is 51.4 Å². The molecule has 1 saturated carbocycles. The molecule has 1 aliphatic carbocycles. The fourth-order valence-corrected chi connectivity index (χ4v) is 2.90. The molecular weight excluding hydrogens is 375 g/mol. The van der Waals surface area contributed by atoms with Crippen LogP contribution in [0.5, 0.6) is 0 Å². The highest BCUT2D eigenvalue weighted by Gasteiger charge is 2.34. The molecule has 6 heteroatoms.